The van der Waals surface area contributed by atoms with E-state index in [4.69, 9.17) is 0 Å². The monoisotopic (exact) mass is 304 g/mol. The summed E-state index contributed by atoms with van der Waals surface area (Å²) in [5, 5.41) is 26.0. The molecule has 0 saturated heterocycles. The fourth-order valence-electron chi connectivity index (χ4n) is 1.92. The summed E-state index contributed by atoms with van der Waals surface area (Å²) in [5.74, 6) is 0.375. The van der Waals surface area contributed by atoms with Crippen molar-refractivity contribution in [1.29, 1.82) is 0 Å². The fraction of sp³-hybridized carbons (Fsp3) is 0.357. The van der Waals surface area contributed by atoms with Gasteiger partial charge in [0.05, 0.1) is 21.6 Å². The lowest BCUT2D eigenvalue weighted by atomic mass is 10.2. The zero-order valence-electron chi connectivity index (χ0n) is 12.3. The standard InChI is InChI=1S/C14H16N4O4/c1-9(2)7-13(10-3-4-10)16-15-12-6-5-11(17(19)20)8-14(12)18(21)22/h5-8,10,15H,3-4H2,1-2H3/b16-13-. The zero-order chi connectivity index (χ0) is 16.3. The number of benzene rings is 1. The van der Waals surface area contributed by atoms with Gasteiger partial charge in [0, 0.05) is 12.0 Å². The summed E-state index contributed by atoms with van der Waals surface area (Å²) < 4.78 is 0. The lowest BCUT2D eigenvalue weighted by Crippen LogP contribution is -2.04. The van der Waals surface area contributed by atoms with Gasteiger partial charge in [-0.15, -0.1) is 0 Å². The van der Waals surface area contributed by atoms with Gasteiger partial charge >= 0.3 is 5.69 Å². The van der Waals surface area contributed by atoms with Crippen molar-refractivity contribution in [3.05, 3.63) is 50.1 Å². The predicted molar refractivity (Wildman–Crippen MR) is 83.0 cm³/mol. The number of hydrazone groups is 1. The summed E-state index contributed by atoms with van der Waals surface area (Å²) in [7, 11) is 0. The molecule has 0 aromatic heterocycles. The van der Waals surface area contributed by atoms with Crippen LogP contribution in [0.25, 0.3) is 0 Å². The number of nitro benzene ring substituents is 2. The van der Waals surface area contributed by atoms with Crippen LogP contribution >= 0.6 is 0 Å². The molecule has 8 heteroatoms. The largest absolute Gasteiger partial charge is 0.301 e. The number of non-ortho nitro benzene ring substituents is 1. The molecule has 0 bridgehead atoms. The van der Waals surface area contributed by atoms with E-state index >= 15 is 0 Å². The molecule has 1 fully saturated rings. The second-order valence-electron chi connectivity index (χ2n) is 5.36. The molecule has 1 aromatic carbocycles. The number of hydrogen-bond donors (Lipinski definition) is 1. The van der Waals surface area contributed by atoms with Gasteiger partial charge in [-0.25, -0.2) is 0 Å². The first-order valence-electron chi connectivity index (χ1n) is 6.80. The number of nitrogens with zero attached hydrogens (tertiary/aromatic N) is 3. The third-order valence-corrected chi connectivity index (χ3v) is 3.13. The molecule has 2 rings (SSSR count). The van der Waals surface area contributed by atoms with Crippen LogP contribution in [-0.4, -0.2) is 15.6 Å². The molecule has 0 spiro atoms. The molecule has 1 saturated carbocycles. The highest BCUT2D eigenvalue weighted by Crippen LogP contribution is 2.33. The first-order valence-corrected chi connectivity index (χ1v) is 6.80. The quantitative estimate of drug-likeness (QED) is 0.490. The third-order valence-electron chi connectivity index (χ3n) is 3.13. The molecule has 0 aliphatic heterocycles. The van der Waals surface area contributed by atoms with E-state index < -0.39 is 9.85 Å². The lowest BCUT2D eigenvalue weighted by molar-refractivity contribution is -0.393. The molecule has 1 aromatic rings. The minimum Gasteiger partial charge on any atom is -0.271 e. The molecule has 22 heavy (non-hydrogen) atoms. The Morgan fingerprint density at radius 3 is 2.45 bits per heavy atom. The van der Waals surface area contributed by atoms with Crippen LogP contribution in [0.15, 0.2) is 34.9 Å². The van der Waals surface area contributed by atoms with Crippen molar-refractivity contribution in [3.8, 4) is 0 Å². The molecule has 0 unspecified atom stereocenters. The normalized spacial score (nSPS) is 14.4. The van der Waals surface area contributed by atoms with Crippen LogP contribution in [0.1, 0.15) is 26.7 Å². The van der Waals surface area contributed by atoms with Crippen molar-refractivity contribution in [2.24, 2.45) is 11.0 Å². The Bertz CT molecular complexity index is 673. The topological polar surface area (TPSA) is 111 Å². The van der Waals surface area contributed by atoms with Crippen molar-refractivity contribution in [2.75, 3.05) is 5.43 Å². The van der Waals surface area contributed by atoms with Gasteiger partial charge < -0.3 is 0 Å². The van der Waals surface area contributed by atoms with Gasteiger partial charge in [0.1, 0.15) is 5.69 Å². The molecule has 1 aliphatic rings. The van der Waals surface area contributed by atoms with Gasteiger partial charge in [-0.05, 0) is 38.8 Å². The smallest absolute Gasteiger partial charge is 0.271 e. The summed E-state index contributed by atoms with van der Waals surface area (Å²) in [5.41, 5.74) is 4.03. The Hall–Kier alpha value is -2.77. The minimum atomic E-state index is -0.668. The van der Waals surface area contributed by atoms with Crippen LogP contribution in [-0.2, 0) is 0 Å². The molecule has 1 aliphatic carbocycles. The summed E-state index contributed by atoms with van der Waals surface area (Å²) in [4.78, 5) is 20.4. The number of rotatable bonds is 6. The average Bonchev–Trinajstić information content (AvgIpc) is 3.27. The highest BCUT2D eigenvalue weighted by Gasteiger charge is 2.26. The molecular formula is C14H16N4O4. The second-order valence-corrected chi connectivity index (χ2v) is 5.36. The SMILES string of the molecule is CC(C)=C/C(=N/Nc1ccc([N+](=O)[O-])cc1[N+](=O)[O-])C1CC1. The van der Waals surface area contributed by atoms with Crippen LogP contribution < -0.4 is 5.43 Å². The molecule has 0 heterocycles. The number of hydrogen-bond acceptors (Lipinski definition) is 6. The van der Waals surface area contributed by atoms with Crippen LogP contribution in [0.2, 0.25) is 0 Å². The number of nitro groups is 2. The Balaban J connectivity index is 2.30. The highest BCUT2D eigenvalue weighted by molar-refractivity contribution is 5.99. The first kappa shape index (κ1) is 15.6. The van der Waals surface area contributed by atoms with E-state index in [-0.39, 0.29) is 17.1 Å². The maximum atomic E-state index is 11.0. The predicted octanol–water partition coefficient (Wildman–Crippen LogP) is 3.65. The van der Waals surface area contributed by atoms with Gasteiger partial charge in [-0.3, -0.25) is 25.7 Å². The Morgan fingerprint density at radius 2 is 1.95 bits per heavy atom. The number of allylic oxidation sites excluding steroid dienone is 2. The van der Waals surface area contributed by atoms with Crippen LogP contribution in [0.3, 0.4) is 0 Å². The van der Waals surface area contributed by atoms with E-state index in [0.717, 1.165) is 30.2 Å². The van der Waals surface area contributed by atoms with E-state index in [0.29, 0.717) is 5.92 Å². The number of nitrogens with one attached hydrogen (secondary N) is 1. The van der Waals surface area contributed by atoms with Crippen LogP contribution in [0.5, 0.6) is 0 Å². The van der Waals surface area contributed by atoms with E-state index in [9.17, 15) is 20.2 Å². The minimum absolute atomic E-state index is 0.135. The molecular weight excluding hydrogens is 288 g/mol. The average molecular weight is 304 g/mol. The van der Waals surface area contributed by atoms with Crippen molar-refractivity contribution in [2.45, 2.75) is 26.7 Å². The van der Waals surface area contributed by atoms with E-state index in [1.54, 1.807) is 0 Å². The van der Waals surface area contributed by atoms with Crippen molar-refractivity contribution in [1.82, 2.24) is 0 Å². The zero-order valence-corrected chi connectivity index (χ0v) is 12.3. The molecule has 0 atom stereocenters. The summed E-state index contributed by atoms with van der Waals surface area (Å²) in [6, 6.07) is 3.44. The highest BCUT2D eigenvalue weighted by atomic mass is 16.6. The summed E-state index contributed by atoms with van der Waals surface area (Å²) in [6.45, 7) is 3.90. The van der Waals surface area contributed by atoms with E-state index in [1.807, 2.05) is 19.9 Å². The van der Waals surface area contributed by atoms with Gasteiger partial charge in [-0.2, -0.15) is 5.10 Å². The second kappa shape index (κ2) is 6.33. The van der Waals surface area contributed by atoms with Crippen molar-refractivity contribution < 1.29 is 9.85 Å². The fourth-order valence-corrected chi connectivity index (χ4v) is 1.92. The Labute approximate surface area is 126 Å². The maximum absolute atomic E-state index is 11.0. The Kier molecular flexibility index (Phi) is 4.50. The summed E-state index contributed by atoms with van der Waals surface area (Å²) >= 11 is 0. The maximum Gasteiger partial charge on any atom is 0.301 e. The Morgan fingerprint density at radius 1 is 1.27 bits per heavy atom. The van der Waals surface area contributed by atoms with Crippen LogP contribution in [0.4, 0.5) is 17.1 Å². The van der Waals surface area contributed by atoms with Gasteiger partial charge in [0.25, 0.3) is 5.69 Å². The summed E-state index contributed by atoms with van der Waals surface area (Å²) in [6.07, 6.45) is 4.03. The molecule has 0 amide bonds. The molecule has 116 valence electrons. The van der Waals surface area contributed by atoms with Gasteiger partial charge in [-0.1, -0.05) is 5.57 Å². The van der Waals surface area contributed by atoms with E-state index in [2.05, 4.69) is 10.5 Å². The van der Waals surface area contributed by atoms with Gasteiger partial charge in [0.15, 0.2) is 0 Å². The van der Waals surface area contributed by atoms with Crippen molar-refractivity contribution >= 4 is 22.8 Å². The number of anilines is 1. The first-order chi connectivity index (χ1) is 10.4. The van der Waals surface area contributed by atoms with Crippen LogP contribution in [0, 0.1) is 26.1 Å². The molecule has 8 nitrogen and oxygen atoms in total. The van der Waals surface area contributed by atoms with Crippen molar-refractivity contribution in [3.63, 3.8) is 0 Å². The van der Waals surface area contributed by atoms with Gasteiger partial charge in [0.2, 0.25) is 0 Å². The molecule has 1 N–H and O–H groups in total. The van der Waals surface area contributed by atoms with E-state index in [1.165, 1.54) is 12.1 Å². The molecule has 0 radical (unpaired) electrons. The lowest BCUT2D eigenvalue weighted by Gasteiger charge is -2.05. The third kappa shape index (κ3) is 3.87.